The summed E-state index contributed by atoms with van der Waals surface area (Å²) in [5, 5.41) is 13.0. The molecule has 0 radical (unpaired) electrons. The fourth-order valence-corrected chi connectivity index (χ4v) is 3.16. The highest BCUT2D eigenvalue weighted by atomic mass is 16.3. The molecule has 4 heteroatoms. The van der Waals surface area contributed by atoms with Gasteiger partial charge in [-0.2, -0.15) is 0 Å². The maximum atomic E-state index is 12.0. The molecule has 1 heterocycles. The van der Waals surface area contributed by atoms with Crippen LogP contribution in [0.5, 0.6) is 5.75 Å². The van der Waals surface area contributed by atoms with Crippen LogP contribution in [0.25, 0.3) is 0 Å². The van der Waals surface area contributed by atoms with Gasteiger partial charge in [0, 0.05) is 31.1 Å². The maximum absolute atomic E-state index is 12.0. The Morgan fingerprint density at radius 3 is 2.39 bits per heavy atom. The van der Waals surface area contributed by atoms with Crippen LogP contribution in [0, 0.1) is 5.92 Å². The number of piperidine rings is 1. The van der Waals surface area contributed by atoms with Crippen LogP contribution in [0.3, 0.4) is 0 Å². The lowest BCUT2D eigenvalue weighted by molar-refractivity contribution is -0.135. The van der Waals surface area contributed by atoms with Crippen LogP contribution in [0.15, 0.2) is 24.3 Å². The Balaban J connectivity index is 1.69. The number of phenols is 1. The number of likely N-dealkylation sites (tertiary alicyclic amines) is 1. The van der Waals surface area contributed by atoms with Gasteiger partial charge >= 0.3 is 0 Å². The van der Waals surface area contributed by atoms with Crippen molar-refractivity contribution in [1.29, 1.82) is 0 Å². The molecule has 1 aliphatic rings. The van der Waals surface area contributed by atoms with E-state index in [9.17, 15) is 9.90 Å². The highest BCUT2D eigenvalue weighted by Gasteiger charge is 2.24. The Morgan fingerprint density at radius 2 is 1.83 bits per heavy atom. The topological polar surface area (TPSA) is 52.6 Å². The van der Waals surface area contributed by atoms with Crippen molar-refractivity contribution in [3.63, 3.8) is 0 Å². The molecule has 4 nitrogen and oxygen atoms in total. The normalized spacial score (nSPS) is 17.5. The number of aryl methyl sites for hydroxylation is 1. The van der Waals surface area contributed by atoms with Gasteiger partial charge in [0.2, 0.25) is 5.91 Å². The molecule has 1 saturated heterocycles. The Morgan fingerprint density at radius 1 is 1.22 bits per heavy atom. The van der Waals surface area contributed by atoms with Gasteiger partial charge in [0.25, 0.3) is 0 Å². The van der Waals surface area contributed by atoms with Crippen LogP contribution in [0.1, 0.15) is 45.6 Å². The number of rotatable bonds is 6. The summed E-state index contributed by atoms with van der Waals surface area (Å²) in [4.78, 5) is 14.0. The summed E-state index contributed by atoms with van der Waals surface area (Å²) in [5.41, 5.74) is 1.26. The summed E-state index contributed by atoms with van der Waals surface area (Å²) in [5.74, 6) is 0.704. The number of phenolic OH excluding ortho intramolecular Hbond substituents is 1. The van der Waals surface area contributed by atoms with Gasteiger partial charge in [0.15, 0.2) is 0 Å². The van der Waals surface area contributed by atoms with E-state index in [1.165, 1.54) is 5.56 Å². The molecular weight excluding hydrogens is 288 g/mol. The molecule has 1 aromatic carbocycles. The van der Waals surface area contributed by atoms with Gasteiger partial charge in [-0.15, -0.1) is 0 Å². The molecule has 1 fully saturated rings. The lowest BCUT2D eigenvalue weighted by atomic mass is 10.0. The average molecular weight is 318 g/mol. The number of hydrogen-bond donors (Lipinski definition) is 2. The van der Waals surface area contributed by atoms with Crippen molar-refractivity contribution >= 4 is 5.91 Å². The SMILES string of the molecule is CC(C)C(=O)N1CCC(N[C@H](C)CCc2ccc(O)cc2)CC1. The van der Waals surface area contributed by atoms with E-state index >= 15 is 0 Å². The van der Waals surface area contributed by atoms with Gasteiger partial charge in [-0.25, -0.2) is 0 Å². The van der Waals surface area contributed by atoms with E-state index < -0.39 is 0 Å². The third-order valence-electron chi connectivity index (χ3n) is 4.62. The molecule has 0 saturated carbocycles. The molecule has 1 aromatic rings. The van der Waals surface area contributed by atoms with E-state index in [2.05, 4.69) is 12.2 Å². The first-order chi connectivity index (χ1) is 11.0. The van der Waals surface area contributed by atoms with Crippen molar-refractivity contribution in [2.24, 2.45) is 5.92 Å². The maximum Gasteiger partial charge on any atom is 0.225 e. The van der Waals surface area contributed by atoms with Crippen LogP contribution in [-0.4, -0.2) is 41.1 Å². The van der Waals surface area contributed by atoms with Gasteiger partial charge in [0.1, 0.15) is 5.75 Å². The predicted octanol–water partition coefficient (Wildman–Crippen LogP) is 2.95. The molecule has 0 unspecified atom stereocenters. The first-order valence-electron chi connectivity index (χ1n) is 8.78. The van der Waals surface area contributed by atoms with Crippen molar-refractivity contribution < 1.29 is 9.90 Å². The minimum atomic E-state index is 0.101. The summed E-state index contributed by atoms with van der Waals surface area (Å²) in [6.07, 6.45) is 4.18. The Labute approximate surface area is 139 Å². The second-order valence-corrected chi connectivity index (χ2v) is 7.03. The molecule has 2 N–H and O–H groups in total. The predicted molar refractivity (Wildman–Crippen MR) is 93.5 cm³/mol. The largest absolute Gasteiger partial charge is 0.508 e. The zero-order valence-electron chi connectivity index (χ0n) is 14.6. The number of carbonyl (C=O) groups excluding carboxylic acids is 1. The molecule has 128 valence electrons. The molecule has 0 bridgehead atoms. The highest BCUT2D eigenvalue weighted by Crippen LogP contribution is 2.15. The second kappa shape index (κ2) is 8.34. The summed E-state index contributed by atoms with van der Waals surface area (Å²) >= 11 is 0. The molecule has 1 atom stereocenters. The lowest BCUT2D eigenvalue weighted by Gasteiger charge is -2.35. The molecular formula is C19H30N2O2. The van der Waals surface area contributed by atoms with E-state index in [0.29, 0.717) is 17.8 Å². The van der Waals surface area contributed by atoms with Crippen molar-refractivity contribution in [2.45, 2.75) is 58.5 Å². The van der Waals surface area contributed by atoms with Crippen molar-refractivity contribution in [3.8, 4) is 5.75 Å². The molecule has 0 aromatic heterocycles. The fourth-order valence-electron chi connectivity index (χ4n) is 3.16. The van der Waals surface area contributed by atoms with Gasteiger partial charge in [-0.1, -0.05) is 26.0 Å². The first-order valence-corrected chi connectivity index (χ1v) is 8.78. The fraction of sp³-hybridized carbons (Fsp3) is 0.632. The highest BCUT2D eigenvalue weighted by molar-refractivity contribution is 5.78. The third kappa shape index (κ3) is 5.54. The number of aromatic hydroxyl groups is 1. The zero-order chi connectivity index (χ0) is 16.8. The monoisotopic (exact) mass is 318 g/mol. The Kier molecular flexibility index (Phi) is 6.46. The number of hydrogen-bond acceptors (Lipinski definition) is 3. The minimum Gasteiger partial charge on any atom is -0.508 e. The van der Waals surface area contributed by atoms with E-state index in [1.54, 1.807) is 12.1 Å². The summed E-state index contributed by atoms with van der Waals surface area (Å²) < 4.78 is 0. The standard InChI is InChI=1S/C19H30N2O2/c1-14(2)19(23)21-12-10-17(11-13-21)20-15(3)4-5-16-6-8-18(22)9-7-16/h6-9,14-15,17,20,22H,4-5,10-13H2,1-3H3/t15-/m1/s1. The number of carbonyl (C=O) groups is 1. The number of benzene rings is 1. The van der Waals surface area contributed by atoms with Crippen molar-refractivity contribution in [3.05, 3.63) is 29.8 Å². The second-order valence-electron chi connectivity index (χ2n) is 7.03. The summed E-state index contributed by atoms with van der Waals surface area (Å²) in [6.45, 7) is 7.92. The number of nitrogens with one attached hydrogen (secondary N) is 1. The van der Waals surface area contributed by atoms with Gasteiger partial charge in [-0.05, 0) is 50.3 Å². The quantitative estimate of drug-likeness (QED) is 0.848. The van der Waals surface area contributed by atoms with Crippen LogP contribution in [0.2, 0.25) is 0 Å². The van der Waals surface area contributed by atoms with Gasteiger partial charge in [-0.3, -0.25) is 4.79 Å². The Bertz CT molecular complexity index is 491. The van der Waals surface area contributed by atoms with Crippen LogP contribution in [0.4, 0.5) is 0 Å². The molecule has 1 aliphatic heterocycles. The molecule has 1 amide bonds. The van der Waals surface area contributed by atoms with Crippen LogP contribution < -0.4 is 5.32 Å². The van der Waals surface area contributed by atoms with E-state index in [1.807, 2.05) is 30.9 Å². The number of amides is 1. The number of nitrogens with zero attached hydrogens (tertiary/aromatic N) is 1. The van der Waals surface area contributed by atoms with E-state index in [4.69, 9.17) is 0 Å². The van der Waals surface area contributed by atoms with Gasteiger partial charge < -0.3 is 15.3 Å². The van der Waals surface area contributed by atoms with Crippen molar-refractivity contribution in [1.82, 2.24) is 10.2 Å². The van der Waals surface area contributed by atoms with E-state index in [-0.39, 0.29) is 11.8 Å². The summed E-state index contributed by atoms with van der Waals surface area (Å²) in [7, 11) is 0. The van der Waals surface area contributed by atoms with Crippen LogP contribution >= 0.6 is 0 Å². The van der Waals surface area contributed by atoms with Gasteiger partial charge in [0.05, 0.1) is 0 Å². The first kappa shape index (κ1) is 17.8. The van der Waals surface area contributed by atoms with E-state index in [0.717, 1.165) is 38.8 Å². The third-order valence-corrected chi connectivity index (χ3v) is 4.62. The zero-order valence-corrected chi connectivity index (χ0v) is 14.6. The molecule has 2 rings (SSSR count). The molecule has 0 spiro atoms. The minimum absolute atomic E-state index is 0.101. The average Bonchev–Trinajstić information content (AvgIpc) is 2.54. The molecule has 0 aliphatic carbocycles. The Hall–Kier alpha value is -1.55. The van der Waals surface area contributed by atoms with Crippen molar-refractivity contribution in [2.75, 3.05) is 13.1 Å². The van der Waals surface area contributed by atoms with Crippen LogP contribution in [-0.2, 0) is 11.2 Å². The molecule has 23 heavy (non-hydrogen) atoms. The summed E-state index contributed by atoms with van der Waals surface area (Å²) in [6, 6.07) is 8.43. The lowest BCUT2D eigenvalue weighted by Crippen LogP contribution is -2.48. The smallest absolute Gasteiger partial charge is 0.225 e.